The molecule has 0 aliphatic carbocycles. The fourth-order valence-electron chi connectivity index (χ4n) is 4.00. The average molecular weight is 485 g/mol. The van der Waals surface area contributed by atoms with E-state index in [-0.39, 0.29) is 5.91 Å². The lowest BCUT2D eigenvalue weighted by molar-refractivity contribution is -0.132. The van der Waals surface area contributed by atoms with Gasteiger partial charge in [-0.2, -0.15) is 0 Å². The van der Waals surface area contributed by atoms with E-state index in [2.05, 4.69) is 32.0 Å². The van der Waals surface area contributed by atoms with E-state index < -0.39 is 0 Å². The van der Waals surface area contributed by atoms with Crippen LogP contribution in [-0.2, 0) is 24.2 Å². The average Bonchev–Trinajstić information content (AvgIpc) is 3.37. The Hall–Kier alpha value is -2.57. The maximum absolute atomic E-state index is 12.9. The van der Waals surface area contributed by atoms with Crippen LogP contribution in [0.2, 0.25) is 5.02 Å². The Morgan fingerprint density at radius 1 is 1.23 bits per heavy atom. The largest absolute Gasteiger partial charge is 0.441 e. The van der Waals surface area contributed by atoms with E-state index in [4.69, 9.17) is 16.0 Å². The molecule has 0 atom stereocenters. The number of para-hydroxylation sites is 1. The second kappa shape index (κ2) is 7.93. The summed E-state index contributed by atoms with van der Waals surface area (Å²) in [5.41, 5.74) is 4.34. The molecule has 4 aromatic rings. The molecule has 5 rings (SSSR count). The molecule has 3 heterocycles. The summed E-state index contributed by atoms with van der Waals surface area (Å²) >= 11 is 9.83. The van der Waals surface area contributed by atoms with Gasteiger partial charge in [-0.1, -0.05) is 35.9 Å². The lowest BCUT2D eigenvalue weighted by Crippen LogP contribution is -2.35. The van der Waals surface area contributed by atoms with Crippen molar-refractivity contribution in [2.24, 2.45) is 0 Å². The summed E-state index contributed by atoms with van der Waals surface area (Å²) in [5, 5.41) is 1.79. The standard InChI is InChI=1S/C23H19BrClN3O2/c24-17-6-3-5-14-16-13-28(11-10-19(16)27-23(14)17)22(29)9-8-21-26-12-20(30-21)15-4-1-2-7-18(15)25/h1-7,12,27H,8-11,13H2. The van der Waals surface area contributed by atoms with Crippen LogP contribution in [0.25, 0.3) is 22.2 Å². The van der Waals surface area contributed by atoms with E-state index in [9.17, 15) is 4.79 Å². The number of hydrogen-bond donors (Lipinski definition) is 1. The molecule has 0 bridgehead atoms. The molecule has 1 N–H and O–H groups in total. The van der Waals surface area contributed by atoms with Gasteiger partial charge in [0.05, 0.1) is 16.7 Å². The molecule has 0 saturated carbocycles. The number of hydrogen-bond acceptors (Lipinski definition) is 3. The molecule has 2 aromatic heterocycles. The number of halogens is 2. The van der Waals surface area contributed by atoms with Gasteiger partial charge >= 0.3 is 0 Å². The minimum Gasteiger partial charge on any atom is -0.441 e. The summed E-state index contributed by atoms with van der Waals surface area (Å²) in [7, 11) is 0. The van der Waals surface area contributed by atoms with Gasteiger partial charge in [-0.25, -0.2) is 4.98 Å². The van der Waals surface area contributed by atoms with Crippen LogP contribution in [0.4, 0.5) is 0 Å². The fraction of sp³-hybridized carbons (Fsp3) is 0.217. The summed E-state index contributed by atoms with van der Waals surface area (Å²) in [6, 6.07) is 13.6. The van der Waals surface area contributed by atoms with Gasteiger partial charge in [0.2, 0.25) is 5.91 Å². The highest BCUT2D eigenvalue weighted by molar-refractivity contribution is 9.10. The number of amides is 1. The maximum Gasteiger partial charge on any atom is 0.223 e. The Bertz CT molecular complexity index is 1250. The first kappa shape index (κ1) is 19.4. The second-order valence-corrected chi connectivity index (χ2v) is 8.67. The predicted octanol–water partition coefficient (Wildman–Crippen LogP) is 5.76. The molecule has 7 heteroatoms. The van der Waals surface area contributed by atoms with Crippen LogP contribution in [0.3, 0.4) is 0 Å². The Kier molecular flexibility index (Phi) is 5.13. The highest BCUT2D eigenvalue weighted by Crippen LogP contribution is 2.32. The Balaban J connectivity index is 1.27. The van der Waals surface area contributed by atoms with E-state index in [1.807, 2.05) is 41.3 Å². The molecule has 5 nitrogen and oxygen atoms in total. The van der Waals surface area contributed by atoms with Gasteiger partial charge < -0.3 is 14.3 Å². The monoisotopic (exact) mass is 483 g/mol. The highest BCUT2D eigenvalue weighted by atomic mass is 79.9. The minimum absolute atomic E-state index is 0.113. The first-order valence-electron chi connectivity index (χ1n) is 9.85. The van der Waals surface area contributed by atoms with Crippen molar-refractivity contribution >= 4 is 44.3 Å². The summed E-state index contributed by atoms with van der Waals surface area (Å²) < 4.78 is 6.87. The number of rotatable bonds is 4. The van der Waals surface area contributed by atoms with Gasteiger partial charge in [0.25, 0.3) is 0 Å². The van der Waals surface area contributed by atoms with Crippen LogP contribution < -0.4 is 0 Å². The summed E-state index contributed by atoms with van der Waals surface area (Å²) in [4.78, 5) is 22.6. The zero-order valence-electron chi connectivity index (χ0n) is 16.1. The Morgan fingerprint density at radius 3 is 2.97 bits per heavy atom. The van der Waals surface area contributed by atoms with Crippen molar-refractivity contribution in [2.75, 3.05) is 6.54 Å². The van der Waals surface area contributed by atoms with Crippen molar-refractivity contribution in [1.82, 2.24) is 14.9 Å². The zero-order valence-corrected chi connectivity index (χ0v) is 18.5. The number of fused-ring (bicyclic) bond motifs is 3. The molecule has 0 saturated heterocycles. The van der Waals surface area contributed by atoms with E-state index in [1.54, 1.807) is 6.20 Å². The number of oxazole rings is 1. The van der Waals surface area contributed by atoms with Crippen LogP contribution >= 0.6 is 27.5 Å². The van der Waals surface area contributed by atoms with Crippen LogP contribution in [-0.4, -0.2) is 27.3 Å². The number of nitrogens with zero attached hydrogens (tertiary/aromatic N) is 2. The number of aromatic amines is 1. The number of carbonyl (C=O) groups is 1. The van der Waals surface area contributed by atoms with E-state index >= 15 is 0 Å². The number of H-pyrrole nitrogens is 1. The van der Waals surface area contributed by atoms with Crippen LogP contribution in [0.15, 0.2) is 57.6 Å². The predicted molar refractivity (Wildman–Crippen MR) is 120 cm³/mol. The quantitative estimate of drug-likeness (QED) is 0.401. The fourth-order valence-corrected chi connectivity index (χ4v) is 4.69. The number of nitrogens with one attached hydrogen (secondary N) is 1. The van der Waals surface area contributed by atoms with Crippen molar-refractivity contribution in [3.63, 3.8) is 0 Å². The Labute approximate surface area is 187 Å². The van der Waals surface area contributed by atoms with Gasteiger partial charge in [-0.05, 0) is 34.1 Å². The SMILES string of the molecule is O=C(CCc1ncc(-c2ccccc2Cl)o1)N1CCc2[nH]c3c(Br)cccc3c2C1. The molecule has 152 valence electrons. The third kappa shape index (κ3) is 3.55. The highest BCUT2D eigenvalue weighted by Gasteiger charge is 2.24. The normalized spacial score (nSPS) is 13.6. The molecule has 1 amide bonds. The van der Waals surface area contributed by atoms with Crippen LogP contribution in [0, 0.1) is 0 Å². The number of aryl methyl sites for hydroxylation is 1. The van der Waals surface area contributed by atoms with Gasteiger partial charge in [-0.3, -0.25) is 4.79 Å². The van der Waals surface area contributed by atoms with Crippen molar-refractivity contribution in [3.8, 4) is 11.3 Å². The van der Waals surface area contributed by atoms with Gasteiger partial charge in [-0.15, -0.1) is 0 Å². The molecule has 0 spiro atoms. The third-order valence-corrected chi connectivity index (χ3v) is 6.55. The first-order chi connectivity index (χ1) is 14.6. The minimum atomic E-state index is 0.113. The smallest absolute Gasteiger partial charge is 0.223 e. The molecule has 0 fully saturated rings. The molecule has 1 aliphatic rings. The van der Waals surface area contributed by atoms with Crippen molar-refractivity contribution in [2.45, 2.75) is 25.8 Å². The van der Waals surface area contributed by atoms with Crippen molar-refractivity contribution in [1.29, 1.82) is 0 Å². The van der Waals surface area contributed by atoms with Gasteiger partial charge in [0, 0.05) is 59.0 Å². The number of benzene rings is 2. The maximum atomic E-state index is 12.9. The molecule has 2 aromatic carbocycles. The number of carbonyl (C=O) groups excluding carboxylic acids is 1. The summed E-state index contributed by atoms with van der Waals surface area (Å²) in [6.45, 7) is 1.34. The van der Waals surface area contributed by atoms with Gasteiger partial charge in [0.1, 0.15) is 0 Å². The molecular weight excluding hydrogens is 466 g/mol. The Morgan fingerprint density at radius 2 is 2.10 bits per heavy atom. The van der Waals surface area contributed by atoms with E-state index in [0.29, 0.717) is 42.6 Å². The molecule has 1 aliphatic heterocycles. The third-order valence-electron chi connectivity index (χ3n) is 5.56. The lowest BCUT2D eigenvalue weighted by atomic mass is 10.0. The molecule has 0 radical (unpaired) electrons. The van der Waals surface area contributed by atoms with E-state index in [1.165, 1.54) is 16.6 Å². The van der Waals surface area contributed by atoms with Crippen LogP contribution in [0.1, 0.15) is 23.6 Å². The molecular formula is C23H19BrClN3O2. The molecule has 30 heavy (non-hydrogen) atoms. The van der Waals surface area contributed by atoms with E-state index in [0.717, 1.165) is 22.0 Å². The number of aromatic nitrogens is 2. The first-order valence-corrected chi connectivity index (χ1v) is 11.0. The topological polar surface area (TPSA) is 62.1 Å². The zero-order chi connectivity index (χ0) is 20.7. The van der Waals surface area contributed by atoms with Gasteiger partial charge in [0.15, 0.2) is 11.7 Å². The van der Waals surface area contributed by atoms with Crippen LogP contribution in [0.5, 0.6) is 0 Å². The van der Waals surface area contributed by atoms with Crippen molar-refractivity contribution < 1.29 is 9.21 Å². The second-order valence-electron chi connectivity index (χ2n) is 7.41. The molecule has 0 unspecified atom stereocenters. The summed E-state index contributed by atoms with van der Waals surface area (Å²) in [6.07, 6.45) is 3.33. The van der Waals surface area contributed by atoms with Crippen molar-refractivity contribution in [3.05, 3.63) is 75.3 Å². The lowest BCUT2D eigenvalue weighted by Gasteiger charge is -2.27. The summed E-state index contributed by atoms with van der Waals surface area (Å²) in [5.74, 6) is 1.28.